The molecule has 1 heteroatoms. The van der Waals surface area contributed by atoms with Gasteiger partial charge in [0.05, 0.1) is 12.2 Å². The van der Waals surface area contributed by atoms with Gasteiger partial charge in [-0.15, -0.1) is 0 Å². The first-order chi connectivity index (χ1) is 10.6. The fraction of sp³-hybridized carbons (Fsp3) is 1.00. The first-order valence-corrected chi connectivity index (χ1v) is 10.3. The van der Waals surface area contributed by atoms with Crippen molar-refractivity contribution in [2.75, 3.05) is 0 Å². The highest BCUT2D eigenvalue weighted by atomic mass is 16.5. The van der Waals surface area contributed by atoms with Crippen LogP contribution in [0.5, 0.6) is 0 Å². The van der Waals surface area contributed by atoms with E-state index < -0.39 is 0 Å². The smallest absolute Gasteiger partial charge is 0.0612 e. The minimum Gasteiger partial charge on any atom is -0.374 e. The normalized spacial score (nSPS) is 24.3. The molecule has 2 rings (SSSR count). The Morgan fingerprint density at radius 2 is 0.957 bits per heavy atom. The lowest BCUT2D eigenvalue weighted by molar-refractivity contribution is -0.0948. The van der Waals surface area contributed by atoms with Crippen LogP contribution < -0.4 is 0 Å². The number of ether oxygens (including phenoxy) is 1. The summed E-state index contributed by atoms with van der Waals surface area (Å²) in [4.78, 5) is 0. The zero-order valence-corrected chi connectivity index (χ0v) is 16.8. The molecule has 0 heterocycles. The van der Waals surface area contributed by atoms with Crippen LogP contribution in [0.4, 0.5) is 0 Å². The Kier molecular flexibility index (Phi) is 6.62. The summed E-state index contributed by atoms with van der Waals surface area (Å²) in [5, 5.41) is 0. The number of hydrogen-bond donors (Lipinski definition) is 0. The van der Waals surface area contributed by atoms with Gasteiger partial charge in [0.2, 0.25) is 0 Å². The van der Waals surface area contributed by atoms with Gasteiger partial charge in [0.1, 0.15) is 0 Å². The third-order valence-corrected chi connectivity index (χ3v) is 5.83. The van der Waals surface area contributed by atoms with Crippen molar-refractivity contribution in [2.24, 2.45) is 22.7 Å². The first kappa shape index (κ1) is 19.3. The van der Waals surface area contributed by atoms with Gasteiger partial charge >= 0.3 is 0 Å². The lowest BCUT2D eigenvalue weighted by Crippen LogP contribution is -2.36. The van der Waals surface area contributed by atoms with Crippen LogP contribution in [0.3, 0.4) is 0 Å². The molecule has 0 aliphatic heterocycles. The van der Waals surface area contributed by atoms with Gasteiger partial charge < -0.3 is 4.74 Å². The second kappa shape index (κ2) is 7.89. The third-order valence-electron chi connectivity index (χ3n) is 5.83. The minimum absolute atomic E-state index is 0.370. The van der Waals surface area contributed by atoms with Gasteiger partial charge in [-0.05, 0) is 61.2 Å². The fourth-order valence-corrected chi connectivity index (χ4v) is 4.74. The Morgan fingerprint density at radius 3 is 1.22 bits per heavy atom. The molecule has 2 fully saturated rings. The van der Waals surface area contributed by atoms with Crippen molar-refractivity contribution < 1.29 is 4.74 Å². The van der Waals surface area contributed by atoms with Crippen LogP contribution in [0.1, 0.15) is 106 Å². The molecular weight excluding hydrogens is 280 g/mol. The van der Waals surface area contributed by atoms with E-state index >= 15 is 0 Å². The van der Waals surface area contributed by atoms with Crippen molar-refractivity contribution in [3.63, 3.8) is 0 Å². The topological polar surface area (TPSA) is 9.23 Å². The zero-order valence-electron chi connectivity index (χ0n) is 16.8. The molecule has 0 aromatic heterocycles. The average Bonchev–Trinajstić information content (AvgIpc) is 3.07. The maximum atomic E-state index is 6.97. The summed E-state index contributed by atoms with van der Waals surface area (Å²) in [5.41, 5.74) is 0.741. The van der Waals surface area contributed by atoms with Crippen molar-refractivity contribution in [3.05, 3.63) is 0 Å². The van der Waals surface area contributed by atoms with E-state index in [9.17, 15) is 0 Å². The predicted molar refractivity (Wildman–Crippen MR) is 101 cm³/mol. The molecule has 136 valence electrons. The van der Waals surface area contributed by atoms with Gasteiger partial charge in [-0.1, -0.05) is 67.2 Å². The Balaban J connectivity index is 2.07. The summed E-state index contributed by atoms with van der Waals surface area (Å²) in [7, 11) is 0. The van der Waals surface area contributed by atoms with Gasteiger partial charge in [-0.2, -0.15) is 0 Å². The van der Waals surface area contributed by atoms with E-state index in [1.807, 2.05) is 0 Å². The monoisotopic (exact) mass is 322 g/mol. The van der Waals surface area contributed by atoms with Gasteiger partial charge in [-0.3, -0.25) is 0 Å². The molecule has 2 unspecified atom stereocenters. The molecular formula is C22H42O. The van der Waals surface area contributed by atoms with Crippen molar-refractivity contribution in [3.8, 4) is 0 Å². The van der Waals surface area contributed by atoms with Crippen LogP contribution >= 0.6 is 0 Å². The molecule has 0 aromatic rings. The summed E-state index contributed by atoms with van der Waals surface area (Å²) >= 11 is 0. The molecule has 0 radical (unpaired) electrons. The highest BCUT2D eigenvalue weighted by Crippen LogP contribution is 2.40. The third kappa shape index (κ3) is 6.77. The maximum Gasteiger partial charge on any atom is 0.0612 e. The second-order valence-corrected chi connectivity index (χ2v) is 10.8. The largest absolute Gasteiger partial charge is 0.374 e. The van der Waals surface area contributed by atoms with Gasteiger partial charge in [0, 0.05) is 0 Å². The van der Waals surface area contributed by atoms with Crippen LogP contribution in [0.25, 0.3) is 0 Å². The van der Waals surface area contributed by atoms with Crippen molar-refractivity contribution >= 4 is 0 Å². The molecule has 1 nitrogen and oxygen atoms in total. The molecule has 2 saturated carbocycles. The van der Waals surface area contributed by atoms with Crippen LogP contribution in [0.15, 0.2) is 0 Å². The molecule has 2 aliphatic rings. The lowest BCUT2D eigenvalue weighted by atomic mass is 9.81. The standard InChI is InChI=1S/C22H42O/c1-21(2,3)15-19(17-11-7-8-12-17)23-20(16-22(4,5)6)18-13-9-10-14-18/h17-20H,7-16H2,1-6H3. The van der Waals surface area contributed by atoms with E-state index in [4.69, 9.17) is 4.74 Å². The molecule has 0 aromatic carbocycles. The molecule has 0 spiro atoms. The van der Waals surface area contributed by atoms with Crippen LogP contribution in [-0.2, 0) is 4.74 Å². The highest BCUT2D eigenvalue weighted by molar-refractivity contribution is 4.85. The van der Waals surface area contributed by atoms with E-state index in [1.54, 1.807) is 0 Å². The van der Waals surface area contributed by atoms with Crippen LogP contribution in [0, 0.1) is 22.7 Å². The SMILES string of the molecule is CC(C)(C)CC(OC(CC(C)(C)C)C1CCCC1)C1CCCC1. The van der Waals surface area contributed by atoms with E-state index in [2.05, 4.69) is 41.5 Å². The molecule has 0 amide bonds. The molecule has 0 N–H and O–H groups in total. The summed E-state index contributed by atoms with van der Waals surface area (Å²) in [5.74, 6) is 1.64. The maximum absolute atomic E-state index is 6.97. The first-order valence-electron chi connectivity index (χ1n) is 10.3. The summed E-state index contributed by atoms with van der Waals surface area (Å²) in [6.45, 7) is 14.3. The van der Waals surface area contributed by atoms with Gasteiger partial charge in [0.25, 0.3) is 0 Å². The average molecular weight is 323 g/mol. The molecule has 0 saturated heterocycles. The highest BCUT2D eigenvalue weighted by Gasteiger charge is 2.36. The van der Waals surface area contributed by atoms with Crippen molar-refractivity contribution in [2.45, 2.75) is 118 Å². The number of hydrogen-bond acceptors (Lipinski definition) is 1. The lowest BCUT2D eigenvalue weighted by Gasteiger charge is -2.38. The Morgan fingerprint density at radius 1 is 0.652 bits per heavy atom. The Hall–Kier alpha value is -0.0400. The quantitative estimate of drug-likeness (QED) is 0.512. The van der Waals surface area contributed by atoms with E-state index in [-0.39, 0.29) is 0 Å². The van der Waals surface area contributed by atoms with Gasteiger partial charge in [-0.25, -0.2) is 0 Å². The summed E-state index contributed by atoms with van der Waals surface area (Å²) < 4.78 is 6.97. The van der Waals surface area contributed by atoms with E-state index in [0.717, 1.165) is 11.8 Å². The van der Waals surface area contributed by atoms with Crippen LogP contribution in [-0.4, -0.2) is 12.2 Å². The van der Waals surface area contributed by atoms with E-state index in [1.165, 1.54) is 64.2 Å². The Labute approximate surface area is 146 Å². The minimum atomic E-state index is 0.370. The van der Waals surface area contributed by atoms with Crippen molar-refractivity contribution in [1.29, 1.82) is 0 Å². The molecule has 23 heavy (non-hydrogen) atoms. The molecule has 2 aliphatic carbocycles. The van der Waals surface area contributed by atoms with Crippen LogP contribution in [0.2, 0.25) is 0 Å². The van der Waals surface area contributed by atoms with E-state index in [0.29, 0.717) is 23.0 Å². The fourth-order valence-electron chi connectivity index (χ4n) is 4.74. The number of rotatable bonds is 6. The van der Waals surface area contributed by atoms with Gasteiger partial charge in [0.15, 0.2) is 0 Å². The summed E-state index contributed by atoms with van der Waals surface area (Å²) in [6.07, 6.45) is 14.7. The molecule has 2 atom stereocenters. The predicted octanol–water partition coefficient (Wildman–Crippen LogP) is 6.99. The zero-order chi connectivity index (χ0) is 17.1. The van der Waals surface area contributed by atoms with Crippen molar-refractivity contribution in [1.82, 2.24) is 0 Å². The Bertz CT molecular complexity index is 300. The summed E-state index contributed by atoms with van der Waals surface area (Å²) in [6, 6.07) is 0. The molecule has 0 bridgehead atoms. The second-order valence-electron chi connectivity index (χ2n) is 10.8.